The van der Waals surface area contributed by atoms with Crippen molar-refractivity contribution in [3.05, 3.63) is 30.1 Å². The van der Waals surface area contributed by atoms with Crippen molar-refractivity contribution in [1.82, 2.24) is 9.88 Å². The van der Waals surface area contributed by atoms with Crippen molar-refractivity contribution in [3.63, 3.8) is 0 Å². The maximum atomic E-state index is 6.16. The van der Waals surface area contributed by atoms with Gasteiger partial charge in [0, 0.05) is 45.1 Å². The van der Waals surface area contributed by atoms with Crippen molar-refractivity contribution in [2.24, 2.45) is 5.92 Å². The number of rotatable bonds is 5. The monoisotopic (exact) mass is 288 g/mol. The highest BCUT2D eigenvalue weighted by Gasteiger charge is 2.46. The van der Waals surface area contributed by atoms with Crippen LogP contribution in [0, 0.1) is 5.92 Å². The molecule has 0 aromatic carbocycles. The summed E-state index contributed by atoms with van der Waals surface area (Å²) in [6.45, 7) is 4.90. The number of likely N-dealkylation sites (tertiary alicyclic amines) is 1. The molecule has 2 aliphatic heterocycles. The Hall–Kier alpha value is -0.970. The second-order valence-electron chi connectivity index (χ2n) is 6.91. The molecule has 3 aliphatic rings. The third-order valence-corrected chi connectivity index (χ3v) is 4.99. The minimum absolute atomic E-state index is 0.0568. The van der Waals surface area contributed by atoms with Gasteiger partial charge in [0.25, 0.3) is 0 Å². The third kappa shape index (κ3) is 3.28. The van der Waals surface area contributed by atoms with E-state index >= 15 is 0 Å². The van der Waals surface area contributed by atoms with Gasteiger partial charge in [-0.3, -0.25) is 9.88 Å². The molecule has 21 heavy (non-hydrogen) atoms. The van der Waals surface area contributed by atoms with Crippen LogP contribution in [-0.4, -0.2) is 47.9 Å². The number of hydrogen-bond donors (Lipinski definition) is 0. The number of hydrogen-bond acceptors (Lipinski definition) is 4. The summed E-state index contributed by atoms with van der Waals surface area (Å²) in [5, 5.41) is 0. The van der Waals surface area contributed by atoms with Crippen LogP contribution in [0.5, 0.6) is 0 Å². The van der Waals surface area contributed by atoms with Crippen LogP contribution in [0.15, 0.2) is 24.5 Å². The average Bonchev–Trinajstić information content (AvgIpc) is 3.15. The van der Waals surface area contributed by atoms with Gasteiger partial charge in [0.15, 0.2) is 0 Å². The molecule has 0 bridgehead atoms. The van der Waals surface area contributed by atoms with Crippen LogP contribution in [0.4, 0.5) is 0 Å². The molecule has 2 unspecified atom stereocenters. The van der Waals surface area contributed by atoms with Gasteiger partial charge in [-0.1, -0.05) is 0 Å². The lowest BCUT2D eigenvalue weighted by molar-refractivity contribution is 0.000854. The minimum Gasteiger partial charge on any atom is -0.375 e. The Morgan fingerprint density at radius 3 is 3.00 bits per heavy atom. The molecule has 3 heterocycles. The van der Waals surface area contributed by atoms with Crippen molar-refractivity contribution in [1.29, 1.82) is 0 Å². The molecule has 3 fully saturated rings. The van der Waals surface area contributed by atoms with Crippen molar-refractivity contribution >= 4 is 0 Å². The van der Waals surface area contributed by atoms with Gasteiger partial charge in [-0.2, -0.15) is 0 Å². The molecule has 4 nitrogen and oxygen atoms in total. The number of pyridine rings is 1. The quantitative estimate of drug-likeness (QED) is 0.832. The van der Waals surface area contributed by atoms with Gasteiger partial charge in [0.1, 0.15) is 0 Å². The fourth-order valence-corrected chi connectivity index (χ4v) is 3.56. The van der Waals surface area contributed by atoms with Crippen molar-refractivity contribution < 1.29 is 9.47 Å². The Kier molecular flexibility index (Phi) is 3.69. The topological polar surface area (TPSA) is 34.6 Å². The van der Waals surface area contributed by atoms with Gasteiger partial charge in [-0.05, 0) is 42.9 Å². The zero-order chi connectivity index (χ0) is 14.1. The maximum Gasteiger partial charge on any atom is 0.0847 e. The maximum absolute atomic E-state index is 6.16. The Morgan fingerprint density at radius 2 is 2.19 bits per heavy atom. The van der Waals surface area contributed by atoms with Crippen LogP contribution in [0.1, 0.15) is 31.2 Å². The Labute approximate surface area is 126 Å². The first-order chi connectivity index (χ1) is 10.3. The lowest BCUT2D eigenvalue weighted by atomic mass is 9.98. The number of ether oxygens (including phenoxy) is 2. The van der Waals surface area contributed by atoms with E-state index < -0.39 is 0 Å². The fourth-order valence-electron chi connectivity index (χ4n) is 3.56. The standard InChI is InChI=1S/C17H24N2O2/c1-2-15(1)11-20-16-9-17(21-12-16)5-8-19(13-17)10-14-3-6-18-7-4-14/h3-4,6-7,15-16H,1-2,5,8-13H2. The molecular formula is C17H24N2O2. The van der Waals surface area contributed by atoms with Crippen molar-refractivity contribution in [3.8, 4) is 0 Å². The van der Waals surface area contributed by atoms with Crippen LogP contribution in [-0.2, 0) is 16.0 Å². The first kappa shape index (κ1) is 13.7. The molecule has 1 aromatic heterocycles. The summed E-state index contributed by atoms with van der Waals surface area (Å²) in [4.78, 5) is 6.58. The highest BCUT2D eigenvalue weighted by molar-refractivity contribution is 5.10. The van der Waals surface area contributed by atoms with Gasteiger partial charge in [0.05, 0.1) is 18.3 Å². The molecule has 2 saturated heterocycles. The zero-order valence-electron chi connectivity index (χ0n) is 12.5. The molecule has 0 radical (unpaired) electrons. The summed E-state index contributed by atoms with van der Waals surface area (Å²) < 4.78 is 12.2. The molecule has 1 aromatic rings. The molecule has 0 N–H and O–H groups in total. The highest BCUT2D eigenvalue weighted by atomic mass is 16.6. The summed E-state index contributed by atoms with van der Waals surface area (Å²) in [6, 6.07) is 4.20. The molecule has 0 amide bonds. The van der Waals surface area contributed by atoms with Crippen molar-refractivity contribution in [2.45, 2.75) is 43.9 Å². The van der Waals surface area contributed by atoms with E-state index in [0.717, 1.165) is 51.6 Å². The first-order valence-corrected chi connectivity index (χ1v) is 8.18. The fraction of sp³-hybridized carbons (Fsp3) is 0.706. The predicted molar refractivity (Wildman–Crippen MR) is 79.9 cm³/mol. The van der Waals surface area contributed by atoms with E-state index in [-0.39, 0.29) is 5.60 Å². The van der Waals surface area contributed by atoms with Crippen LogP contribution in [0.25, 0.3) is 0 Å². The van der Waals surface area contributed by atoms with E-state index in [1.54, 1.807) is 0 Å². The average molecular weight is 288 g/mol. The minimum atomic E-state index is 0.0568. The van der Waals surface area contributed by atoms with E-state index in [0.29, 0.717) is 6.10 Å². The van der Waals surface area contributed by atoms with E-state index in [9.17, 15) is 0 Å². The molecule has 1 spiro atoms. The lowest BCUT2D eigenvalue weighted by Gasteiger charge is -2.23. The second kappa shape index (κ2) is 5.67. The van der Waals surface area contributed by atoms with E-state index in [1.165, 1.54) is 18.4 Å². The highest BCUT2D eigenvalue weighted by Crippen LogP contribution is 2.38. The largest absolute Gasteiger partial charge is 0.375 e. The molecular weight excluding hydrogens is 264 g/mol. The smallest absolute Gasteiger partial charge is 0.0847 e. The van der Waals surface area contributed by atoms with Crippen LogP contribution >= 0.6 is 0 Å². The second-order valence-corrected chi connectivity index (χ2v) is 6.91. The molecule has 114 valence electrons. The Balaban J connectivity index is 1.29. The van der Waals surface area contributed by atoms with Gasteiger partial charge in [-0.15, -0.1) is 0 Å². The number of aromatic nitrogens is 1. The predicted octanol–water partition coefficient (Wildman–Crippen LogP) is 2.24. The Bertz CT molecular complexity index is 477. The zero-order valence-corrected chi connectivity index (χ0v) is 12.5. The van der Waals surface area contributed by atoms with Gasteiger partial charge >= 0.3 is 0 Å². The van der Waals surface area contributed by atoms with Crippen LogP contribution in [0.3, 0.4) is 0 Å². The van der Waals surface area contributed by atoms with Crippen LogP contribution < -0.4 is 0 Å². The van der Waals surface area contributed by atoms with Crippen LogP contribution in [0.2, 0.25) is 0 Å². The first-order valence-electron chi connectivity index (χ1n) is 8.18. The summed E-state index contributed by atoms with van der Waals surface area (Å²) in [5.41, 5.74) is 1.39. The molecule has 2 atom stereocenters. The van der Waals surface area contributed by atoms with Gasteiger partial charge in [-0.25, -0.2) is 0 Å². The van der Waals surface area contributed by atoms with Gasteiger partial charge in [0.2, 0.25) is 0 Å². The molecule has 1 aliphatic carbocycles. The number of nitrogens with zero attached hydrogens (tertiary/aromatic N) is 2. The summed E-state index contributed by atoms with van der Waals surface area (Å²) >= 11 is 0. The molecule has 4 rings (SSSR count). The molecule has 1 saturated carbocycles. The summed E-state index contributed by atoms with van der Waals surface area (Å²) in [5.74, 6) is 0.841. The Morgan fingerprint density at radius 1 is 1.33 bits per heavy atom. The van der Waals surface area contributed by atoms with E-state index in [4.69, 9.17) is 9.47 Å². The van der Waals surface area contributed by atoms with Gasteiger partial charge < -0.3 is 9.47 Å². The summed E-state index contributed by atoms with van der Waals surface area (Å²) in [7, 11) is 0. The van der Waals surface area contributed by atoms with E-state index in [1.807, 2.05) is 12.4 Å². The summed E-state index contributed by atoms with van der Waals surface area (Å²) in [6.07, 6.45) is 9.00. The lowest BCUT2D eigenvalue weighted by Crippen LogP contribution is -2.33. The van der Waals surface area contributed by atoms with E-state index in [2.05, 4.69) is 22.0 Å². The van der Waals surface area contributed by atoms with Crippen molar-refractivity contribution in [2.75, 3.05) is 26.3 Å². The molecule has 4 heteroatoms. The SMILES string of the molecule is c1cc(CN2CCC3(CC(OCC4CC4)CO3)C2)ccn1. The third-order valence-electron chi connectivity index (χ3n) is 4.99. The normalized spacial score (nSPS) is 33.0.